The number of nitrogens with one attached hydrogen (secondary N) is 1. The molecule has 9 heteroatoms. The van der Waals surface area contributed by atoms with E-state index in [1.165, 1.54) is 5.69 Å². The number of imide groups is 2. The smallest absolute Gasteiger partial charge is 0.262 e. The van der Waals surface area contributed by atoms with Gasteiger partial charge >= 0.3 is 0 Å². The monoisotopic (exact) mass is 510 g/mol. The number of carbonyl (C=O) groups excluding carboxylic acids is 4. The van der Waals surface area contributed by atoms with Crippen molar-refractivity contribution in [3.8, 4) is 0 Å². The summed E-state index contributed by atoms with van der Waals surface area (Å²) in [6.07, 6.45) is 0.269. The molecule has 0 radical (unpaired) electrons. The maximum absolute atomic E-state index is 13.0. The zero-order valence-corrected chi connectivity index (χ0v) is 19.5. The van der Waals surface area contributed by atoms with E-state index >= 15 is 0 Å². The van der Waals surface area contributed by atoms with Gasteiger partial charge in [0.2, 0.25) is 11.8 Å². The van der Waals surface area contributed by atoms with E-state index in [2.05, 4.69) is 37.1 Å². The first-order chi connectivity index (χ1) is 15.9. The van der Waals surface area contributed by atoms with E-state index in [1.54, 1.807) is 12.1 Å². The molecule has 1 N–H and O–H groups in total. The molecule has 2 saturated heterocycles. The number of nitrogens with zero attached hydrogens (tertiary/aromatic N) is 3. The van der Waals surface area contributed by atoms with Gasteiger partial charge in [-0.05, 0) is 52.2 Å². The van der Waals surface area contributed by atoms with Crippen LogP contribution in [0.1, 0.15) is 39.1 Å². The largest absolute Gasteiger partial charge is 0.368 e. The first-order valence-corrected chi connectivity index (χ1v) is 11.8. The number of carbonyl (C=O) groups is 4. The molecule has 2 aromatic carbocycles. The maximum atomic E-state index is 13.0. The van der Waals surface area contributed by atoms with Crippen molar-refractivity contribution in [1.29, 1.82) is 0 Å². The van der Waals surface area contributed by atoms with Crippen LogP contribution in [-0.4, -0.2) is 65.6 Å². The van der Waals surface area contributed by atoms with Crippen LogP contribution in [0.4, 0.5) is 5.69 Å². The van der Waals surface area contributed by atoms with Crippen LogP contribution in [0.25, 0.3) is 0 Å². The Morgan fingerprint density at radius 1 is 0.909 bits per heavy atom. The van der Waals surface area contributed by atoms with Crippen molar-refractivity contribution >= 4 is 45.2 Å². The number of amides is 4. The topological polar surface area (TPSA) is 90.0 Å². The third-order valence-electron chi connectivity index (χ3n) is 6.48. The fraction of sp³-hybridized carbons (Fsp3) is 0.333. The zero-order chi connectivity index (χ0) is 23.1. The highest BCUT2D eigenvalue weighted by atomic mass is 79.9. The second-order valence-corrected chi connectivity index (χ2v) is 9.40. The number of para-hydroxylation sites is 1. The number of anilines is 1. The van der Waals surface area contributed by atoms with Gasteiger partial charge in [0, 0.05) is 43.6 Å². The van der Waals surface area contributed by atoms with E-state index in [9.17, 15) is 19.2 Å². The summed E-state index contributed by atoms with van der Waals surface area (Å²) in [5.74, 6) is -1.91. The quantitative estimate of drug-likeness (QED) is 0.634. The van der Waals surface area contributed by atoms with Crippen molar-refractivity contribution in [3.63, 3.8) is 0 Å². The van der Waals surface area contributed by atoms with Crippen molar-refractivity contribution in [1.82, 2.24) is 15.1 Å². The molecule has 2 fully saturated rings. The lowest BCUT2D eigenvalue weighted by atomic mass is 10.0. The van der Waals surface area contributed by atoms with Crippen LogP contribution in [0, 0.1) is 0 Å². The molecule has 1 unspecified atom stereocenters. The first-order valence-electron chi connectivity index (χ1n) is 11.0. The van der Waals surface area contributed by atoms with Crippen LogP contribution in [-0.2, 0) is 16.1 Å². The highest BCUT2D eigenvalue weighted by molar-refractivity contribution is 9.10. The summed E-state index contributed by atoms with van der Waals surface area (Å²) in [5.41, 5.74) is 2.78. The van der Waals surface area contributed by atoms with Crippen LogP contribution in [0.2, 0.25) is 0 Å². The number of hydrogen-bond acceptors (Lipinski definition) is 6. The van der Waals surface area contributed by atoms with E-state index in [4.69, 9.17) is 0 Å². The third-order valence-corrected chi connectivity index (χ3v) is 7.15. The number of halogens is 1. The number of fused-ring (bicyclic) bond motifs is 1. The fourth-order valence-corrected chi connectivity index (χ4v) is 5.27. The minimum atomic E-state index is -0.941. The molecule has 3 heterocycles. The average molecular weight is 511 g/mol. The lowest BCUT2D eigenvalue weighted by Crippen LogP contribution is -2.54. The molecule has 0 bridgehead atoms. The van der Waals surface area contributed by atoms with Gasteiger partial charge in [0.15, 0.2) is 0 Å². The lowest BCUT2D eigenvalue weighted by molar-refractivity contribution is -0.136. The SMILES string of the molecule is O=C1CCC(N2C(=O)c3ccc(CN4CCN(c5ccccc5Br)CC4)cc3C2=O)C(=O)N1. The molecule has 2 aromatic rings. The van der Waals surface area contributed by atoms with Gasteiger partial charge in [0.05, 0.1) is 16.8 Å². The van der Waals surface area contributed by atoms with Gasteiger partial charge in [-0.25, -0.2) is 0 Å². The second-order valence-electron chi connectivity index (χ2n) is 8.54. The Balaban J connectivity index is 1.26. The van der Waals surface area contributed by atoms with Gasteiger partial charge in [-0.1, -0.05) is 18.2 Å². The van der Waals surface area contributed by atoms with Crippen LogP contribution >= 0.6 is 15.9 Å². The van der Waals surface area contributed by atoms with Crippen LogP contribution in [0.5, 0.6) is 0 Å². The van der Waals surface area contributed by atoms with E-state index in [-0.39, 0.29) is 18.7 Å². The van der Waals surface area contributed by atoms with E-state index in [1.807, 2.05) is 24.3 Å². The van der Waals surface area contributed by atoms with Crippen LogP contribution < -0.4 is 10.2 Å². The summed E-state index contributed by atoms with van der Waals surface area (Å²) < 4.78 is 1.08. The van der Waals surface area contributed by atoms with Crippen molar-refractivity contribution in [3.05, 3.63) is 63.6 Å². The fourth-order valence-electron chi connectivity index (χ4n) is 4.73. The molecule has 0 aliphatic carbocycles. The molecule has 0 saturated carbocycles. The number of piperidine rings is 1. The summed E-state index contributed by atoms with van der Waals surface area (Å²) in [6, 6.07) is 12.6. The standard InChI is InChI=1S/C24H23BrN4O4/c25-18-3-1-2-4-19(18)28-11-9-27(10-12-28)14-15-5-6-16-17(13-15)24(33)29(23(16)32)20-7-8-21(30)26-22(20)31/h1-6,13,20H,7-12,14H2,(H,26,30,31). The Hall–Kier alpha value is -3.04. The molecular weight excluding hydrogens is 488 g/mol. The molecule has 33 heavy (non-hydrogen) atoms. The lowest BCUT2D eigenvalue weighted by Gasteiger charge is -2.36. The van der Waals surface area contributed by atoms with Crippen LogP contribution in [0.15, 0.2) is 46.9 Å². The number of benzene rings is 2. The molecule has 5 rings (SSSR count). The van der Waals surface area contributed by atoms with Gasteiger partial charge in [-0.3, -0.25) is 34.3 Å². The summed E-state index contributed by atoms with van der Waals surface area (Å²) >= 11 is 3.62. The molecule has 0 spiro atoms. The normalized spacial score (nSPS) is 21.4. The van der Waals surface area contributed by atoms with Gasteiger partial charge < -0.3 is 4.90 Å². The molecule has 4 amide bonds. The summed E-state index contributed by atoms with van der Waals surface area (Å²) in [7, 11) is 0. The number of piperazine rings is 1. The summed E-state index contributed by atoms with van der Waals surface area (Å²) in [6.45, 7) is 4.24. The van der Waals surface area contributed by atoms with E-state index in [0.29, 0.717) is 17.7 Å². The predicted molar refractivity (Wildman–Crippen MR) is 125 cm³/mol. The van der Waals surface area contributed by atoms with E-state index in [0.717, 1.165) is 41.1 Å². The van der Waals surface area contributed by atoms with E-state index < -0.39 is 23.8 Å². The first kappa shape index (κ1) is 21.8. The number of hydrogen-bond donors (Lipinski definition) is 1. The highest BCUT2D eigenvalue weighted by Gasteiger charge is 2.44. The van der Waals surface area contributed by atoms with Crippen molar-refractivity contribution < 1.29 is 19.2 Å². The van der Waals surface area contributed by atoms with Crippen LogP contribution in [0.3, 0.4) is 0 Å². The van der Waals surface area contributed by atoms with Crippen molar-refractivity contribution in [2.75, 3.05) is 31.1 Å². The van der Waals surface area contributed by atoms with Gasteiger partial charge in [0.25, 0.3) is 11.8 Å². The third kappa shape index (κ3) is 4.06. The molecule has 8 nitrogen and oxygen atoms in total. The van der Waals surface area contributed by atoms with Crippen molar-refractivity contribution in [2.24, 2.45) is 0 Å². The molecule has 3 aliphatic heterocycles. The van der Waals surface area contributed by atoms with Gasteiger partial charge in [0.1, 0.15) is 6.04 Å². The molecule has 170 valence electrons. The summed E-state index contributed by atoms with van der Waals surface area (Å²) in [5, 5.41) is 2.22. The number of rotatable bonds is 4. The average Bonchev–Trinajstić information content (AvgIpc) is 3.05. The molecule has 1 atom stereocenters. The molecule has 0 aromatic heterocycles. The minimum absolute atomic E-state index is 0.112. The highest BCUT2D eigenvalue weighted by Crippen LogP contribution is 2.29. The maximum Gasteiger partial charge on any atom is 0.262 e. The van der Waals surface area contributed by atoms with Gasteiger partial charge in [-0.15, -0.1) is 0 Å². The Morgan fingerprint density at radius 3 is 2.36 bits per heavy atom. The minimum Gasteiger partial charge on any atom is -0.368 e. The molecular formula is C24H23BrN4O4. The Labute approximate surface area is 199 Å². The molecule has 3 aliphatic rings. The van der Waals surface area contributed by atoms with Crippen molar-refractivity contribution in [2.45, 2.75) is 25.4 Å². The van der Waals surface area contributed by atoms with Gasteiger partial charge in [-0.2, -0.15) is 0 Å². The predicted octanol–water partition coefficient (Wildman–Crippen LogP) is 2.17. The Bertz CT molecular complexity index is 1160. The Morgan fingerprint density at radius 2 is 1.64 bits per heavy atom. The second kappa shape index (κ2) is 8.72. The zero-order valence-electron chi connectivity index (χ0n) is 17.9. The summed E-state index contributed by atoms with van der Waals surface area (Å²) in [4.78, 5) is 55.2. The Kier molecular flexibility index (Phi) is 5.76.